The van der Waals surface area contributed by atoms with Crippen molar-refractivity contribution in [2.24, 2.45) is 0 Å². The number of hydrogen-bond donors (Lipinski definition) is 0. The van der Waals surface area contributed by atoms with Gasteiger partial charge in [-0.15, -0.1) is 0 Å². The zero-order chi connectivity index (χ0) is 11.4. The van der Waals surface area contributed by atoms with Crippen LogP contribution in [0.4, 0.5) is 4.39 Å². The first kappa shape index (κ1) is 12.5. The lowest BCUT2D eigenvalue weighted by Crippen LogP contribution is -2.19. The predicted octanol–water partition coefficient (Wildman–Crippen LogP) is 2.84. The molecule has 0 heterocycles. The fraction of sp³-hybridized carbons (Fsp3) is 0.455. The van der Waals surface area contributed by atoms with Crippen molar-refractivity contribution >= 4 is 15.9 Å². The van der Waals surface area contributed by atoms with E-state index in [9.17, 15) is 4.39 Å². The third kappa shape index (κ3) is 3.80. The van der Waals surface area contributed by atoms with Gasteiger partial charge in [0.25, 0.3) is 0 Å². The smallest absolute Gasteiger partial charge is 0.134 e. The van der Waals surface area contributed by atoms with Crippen LogP contribution in [-0.2, 0) is 0 Å². The quantitative estimate of drug-likeness (QED) is 0.838. The number of rotatable bonds is 4. The summed E-state index contributed by atoms with van der Waals surface area (Å²) in [6.07, 6.45) is 0. The summed E-state index contributed by atoms with van der Waals surface area (Å²) in [5.74, 6) is 0.470. The van der Waals surface area contributed by atoms with E-state index in [0.29, 0.717) is 22.4 Å². The highest BCUT2D eigenvalue weighted by molar-refractivity contribution is 9.10. The summed E-state index contributed by atoms with van der Waals surface area (Å²) in [5, 5.41) is 0. The summed E-state index contributed by atoms with van der Waals surface area (Å²) in [4.78, 5) is 2.03. The minimum atomic E-state index is -0.221. The van der Waals surface area contributed by atoms with Crippen molar-refractivity contribution in [3.63, 3.8) is 0 Å². The number of likely N-dealkylation sites (N-methyl/N-ethyl adjacent to an activating group) is 1. The van der Waals surface area contributed by atoms with Crippen LogP contribution < -0.4 is 4.74 Å². The van der Waals surface area contributed by atoms with Gasteiger partial charge in [0.2, 0.25) is 0 Å². The Kier molecular flexibility index (Phi) is 4.54. The zero-order valence-electron chi connectivity index (χ0n) is 9.18. The molecule has 1 aromatic carbocycles. The van der Waals surface area contributed by atoms with Crippen molar-refractivity contribution in [1.29, 1.82) is 0 Å². The number of aryl methyl sites for hydroxylation is 1. The van der Waals surface area contributed by atoms with Gasteiger partial charge in [-0.05, 0) is 54.6 Å². The molecule has 4 heteroatoms. The monoisotopic (exact) mass is 275 g/mol. The van der Waals surface area contributed by atoms with Crippen molar-refractivity contribution in [3.8, 4) is 5.75 Å². The van der Waals surface area contributed by atoms with E-state index in [2.05, 4.69) is 15.9 Å². The van der Waals surface area contributed by atoms with Gasteiger partial charge in [0.05, 0.1) is 4.47 Å². The van der Waals surface area contributed by atoms with Gasteiger partial charge in [0, 0.05) is 6.54 Å². The Balaban J connectivity index is 2.65. The normalized spacial score (nSPS) is 10.8. The Morgan fingerprint density at radius 1 is 1.40 bits per heavy atom. The van der Waals surface area contributed by atoms with Crippen molar-refractivity contribution < 1.29 is 9.13 Å². The van der Waals surface area contributed by atoms with E-state index >= 15 is 0 Å². The number of benzene rings is 1. The molecule has 0 aliphatic rings. The van der Waals surface area contributed by atoms with E-state index in [1.807, 2.05) is 19.0 Å². The van der Waals surface area contributed by atoms with E-state index < -0.39 is 0 Å². The molecular formula is C11H15BrFNO. The first-order valence-corrected chi connectivity index (χ1v) is 5.53. The van der Waals surface area contributed by atoms with Gasteiger partial charge in [-0.3, -0.25) is 0 Å². The lowest BCUT2D eigenvalue weighted by atomic mass is 10.2. The lowest BCUT2D eigenvalue weighted by molar-refractivity contribution is 0.260. The molecule has 0 amide bonds. The second-order valence-electron chi connectivity index (χ2n) is 3.68. The largest absolute Gasteiger partial charge is 0.491 e. The van der Waals surface area contributed by atoms with Crippen molar-refractivity contribution in [3.05, 3.63) is 28.0 Å². The average molecular weight is 276 g/mol. The van der Waals surface area contributed by atoms with Crippen LogP contribution in [0.5, 0.6) is 5.75 Å². The minimum absolute atomic E-state index is 0.221. The molecule has 0 saturated heterocycles. The maximum atomic E-state index is 13.1. The Bertz CT molecular complexity index is 342. The molecule has 0 radical (unpaired) electrons. The molecule has 0 spiro atoms. The third-order valence-corrected chi connectivity index (χ3v) is 2.63. The van der Waals surface area contributed by atoms with Gasteiger partial charge in [-0.25, -0.2) is 4.39 Å². The molecule has 0 aromatic heterocycles. The molecular weight excluding hydrogens is 261 g/mol. The number of nitrogens with zero attached hydrogens (tertiary/aromatic N) is 1. The fourth-order valence-electron chi connectivity index (χ4n) is 1.08. The summed E-state index contributed by atoms with van der Waals surface area (Å²) in [6.45, 7) is 3.15. The highest BCUT2D eigenvalue weighted by Gasteiger charge is 2.06. The molecule has 0 atom stereocenters. The second kappa shape index (κ2) is 5.47. The molecule has 0 aliphatic carbocycles. The highest BCUT2D eigenvalue weighted by Crippen LogP contribution is 2.27. The van der Waals surface area contributed by atoms with E-state index in [0.717, 1.165) is 6.54 Å². The van der Waals surface area contributed by atoms with E-state index in [1.54, 1.807) is 13.0 Å². The molecule has 0 saturated carbocycles. The van der Waals surface area contributed by atoms with Crippen LogP contribution in [0.1, 0.15) is 5.56 Å². The van der Waals surface area contributed by atoms with Crippen LogP contribution in [0.25, 0.3) is 0 Å². The molecule has 1 aromatic rings. The SMILES string of the molecule is Cc1cc(OCCN(C)C)c(Br)cc1F. The molecule has 0 bridgehead atoms. The van der Waals surface area contributed by atoms with Crippen molar-refractivity contribution in [1.82, 2.24) is 4.90 Å². The summed E-state index contributed by atoms with van der Waals surface area (Å²) in [7, 11) is 3.96. The van der Waals surface area contributed by atoms with Crippen LogP contribution in [0, 0.1) is 12.7 Å². The predicted molar refractivity (Wildman–Crippen MR) is 62.9 cm³/mol. The van der Waals surface area contributed by atoms with Crippen LogP contribution >= 0.6 is 15.9 Å². The Morgan fingerprint density at radius 3 is 2.67 bits per heavy atom. The van der Waals surface area contributed by atoms with Gasteiger partial charge in [-0.1, -0.05) is 0 Å². The first-order chi connectivity index (χ1) is 7.00. The number of ether oxygens (including phenoxy) is 1. The molecule has 84 valence electrons. The number of halogens is 2. The van der Waals surface area contributed by atoms with E-state index in [-0.39, 0.29) is 5.82 Å². The maximum Gasteiger partial charge on any atom is 0.134 e. The van der Waals surface area contributed by atoms with Crippen molar-refractivity contribution in [2.75, 3.05) is 27.2 Å². The standard InChI is InChI=1S/C11H15BrFNO/c1-8-6-11(9(12)7-10(8)13)15-5-4-14(2)3/h6-7H,4-5H2,1-3H3. The topological polar surface area (TPSA) is 12.5 Å². The van der Waals surface area contributed by atoms with Crippen LogP contribution in [0.2, 0.25) is 0 Å². The lowest BCUT2D eigenvalue weighted by Gasteiger charge is -2.12. The molecule has 0 unspecified atom stereocenters. The Morgan fingerprint density at radius 2 is 2.07 bits per heavy atom. The van der Waals surface area contributed by atoms with Gasteiger partial charge in [0.15, 0.2) is 0 Å². The molecule has 2 nitrogen and oxygen atoms in total. The second-order valence-corrected chi connectivity index (χ2v) is 4.54. The third-order valence-electron chi connectivity index (χ3n) is 2.01. The van der Waals surface area contributed by atoms with Crippen LogP contribution in [-0.4, -0.2) is 32.1 Å². The first-order valence-electron chi connectivity index (χ1n) is 4.74. The molecule has 0 aliphatic heterocycles. The molecule has 15 heavy (non-hydrogen) atoms. The van der Waals surface area contributed by atoms with Crippen molar-refractivity contribution in [2.45, 2.75) is 6.92 Å². The van der Waals surface area contributed by atoms with Crippen LogP contribution in [0.3, 0.4) is 0 Å². The Labute approximate surface area is 98.2 Å². The van der Waals surface area contributed by atoms with Crippen LogP contribution in [0.15, 0.2) is 16.6 Å². The van der Waals surface area contributed by atoms with E-state index in [1.165, 1.54) is 6.07 Å². The molecule has 1 rings (SSSR count). The highest BCUT2D eigenvalue weighted by atomic mass is 79.9. The summed E-state index contributed by atoms with van der Waals surface area (Å²) in [5.41, 5.74) is 0.595. The fourth-order valence-corrected chi connectivity index (χ4v) is 1.51. The van der Waals surface area contributed by atoms with Gasteiger partial charge in [-0.2, -0.15) is 0 Å². The van der Waals surface area contributed by atoms with Gasteiger partial charge >= 0.3 is 0 Å². The summed E-state index contributed by atoms with van der Waals surface area (Å²) < 4.78 is 19.3. The van der Waals surface area contributed by atoms with Gasteiger partial charge < -0.3 is 9.64 Å². The van der Waals surface area contributed by atoms with Gasteiger partial charge in [0.1, 0.15) is 18.2 Å². The summed E-state index contributed by atoms with van der Waals surface area (Å²) in [6, 6.07) is 3.13. The molecule has 0 fully saturated rings. The zero-order valence-corrected chi connectivity index (χ0v) is 10.8. The molecule has 0 N–H and O–H groups in total. The minimum Gasteiger partial charge on any atom is -0.491 e. The number of hydrogen-bond acceptors (Lipinski definition) is 2. The average Bonchev–Trinajstić information content (AvgIpc) is 2.13. The maximum absolute atomic E-state index is 13.1. The summed E-state index contributed by atoms with van der Waals surface area (Å²) >= 11 is 3.27. The van der Waals surface area contributed by atoms with E-state index in [4.69, 9.17) is 4.74 Å². The Hall–Kier alpha value is -0.610.